The molecule has 9 aromatic heterocycles. The number of phenols is 3. The first-order chi connectivity index (χ1) is 65.2. The first-order valence-corrected chi connectivity index (χ1v) is 46.9. The fourth-order valence-corrected chi connectivity index (χ4v) is 20.6. The summed E-state index contributed by atoms with van der Waals surface area (Å²) in [7, 11) is 0. The van der Waals surface area contributed by atoms with Crippen molar-refractivity contribution in [2.24, 2.45) is 0 Å². The van der Waals surface area contributed by atoms with E-state index in [9.17, 15) is 68.7 Å². The lowest BCUT2D eigenvalue weighted by Crippen LogP contribution is -2.54. The third-order valence-corrected chi connectivity index (χ3v) is 28.3. The number of rotatable bonds is 15. The maximum atomic E-state index is 15.0. The van der Waals surface area contributed by atoms with E-state index < -0.39 is 86.5 Å². The zero-order valence-electron chi connectivity index (χ0n) is 75.4. The van der Waals surface area contributed by atoms with Gasteiger partial charge in [-0.05, 0) is 131 Å². The smallest absolute Gasteiger partial charge is 0.276 e. The highest BCUT2D eigenvalue weighted by Crippen LogP contribution is 2.54. The Morgan fingerprint density at radius 1 is 0.399 bits per heavy atom. The summed E-state index contributed by atoms with van der Waals surface area (Å²) in [6.07, 6.45) is 8.61. The van der Waals surface area contributed by atoms with Gasteiger partial charge >= 0.3 is 0 Å². The zero-order chi connectivity index (χ0) is 101. The lowest BCUT2D eigenvalue weighted by atomic mass is 10.0. The predicted octanol–water partition coefficient (Wildman–Crippen LogP) is 22.3. The molecule has 12 heterocycles. The minimum atomic E-state index is -1.22. The average Bonchev–Trinajstić information content (AvgIpc) is 0.726. The molecule has 714 valence electrons. The molecular weight excluding hydrogens is 2030 g/mol. The Hall–Kier alpha value is -11.6. The van der Waals surface area contributed by atoms with Gasteiger partial charge in [0, 0.05) is 128 Å². The summed E-state index contributed by atoms with van der Waals surface area (Å²) >= 11 is 77.0. The van der Waals surface area contributed by atoms with E-state index in [1.165, 1.54) is 50.1 Å². The van der Waals surface area contributed by atoms with Crippen LogP contribution in [0.2, 0.25) is 60.3 Å². The lowest BCUT2D eigenvalue weighted by Gasteiger charge is -2.41. The van der Waals surface area contributed by atoms with Crippen molar-refractivity contribution in [3.05, 3.63) is 252 Å². The summed E-state index contributed by atoms with van der Waals surface area (Å²) in [6.45, 7) is 35.8. The molecule has 3 N–H and O–H groups in total. The normalized spacial score (nSPS) is 15.0. The van der Waals surface area contributed by atoms with Crippen LogP contribution in [0.25, 0.3) is 83.9 Å². The molecule has 15 rings (SSSR count). The monoisotopic (exact) mass is 2110 g/mol. The van der Waals surface area contributed by atoms with Crippen molar-refractivity contribution in [3.8, 4) is 86.3 Å². The number of phenolic OH excluding ortho intramolecular Hbond substituents is 3. The molecule has 12 aromatic rings. The highest BCUT2D eigenvalue weighted by molar-refractivity contribution is 6.49. The third-order valence-electron chi connectivity index (χ3n) is 24.0. The van der Waals surface area contributed by atoms with Gasteiger partial charge in [-0.15, -0.1) is 0 Å². The number of fused-ring (bicyclic) bond motifs is 3. The van der Waals surface area contributed by atoms with Crippen LogP contribution in [-0.4, -0.2) is 168 Å². The van der Waals surface area contributed by atoms with E-state index in [1.54, 1.807) is 72.3 Å². The topological polar surface area (TPSA) is 346 Å². The van der Waals surface area contributed by atoms with Gasteiger partial charge in [0.15, 0.2) is 34.7 Å². The molecule has 138 heavy (non-hydrogen) atoms. The van der Waals surface area contributed by atoms with Gasteiger partial charge in [-0.25, -0.2) is 28.1 Å². The number of nitriles is 3. The fourth-order valence-electron chi connectivity index (χ4n) is 17.4. The Labute approximate surface area is 848 Å². The second-order valence-electron chi connectivity index (χ2n) is 33.6. The van der Waals surface area contributed by atoms with Crippen LogP contribution in [0.1, 0.15) is 131 Å². The van der Waals surface area contributed by atoms with E-state index in [2.05, 4.69) is 52.9 Å². The summed E-state index contributed by atoms with van der Waals surface area (Å²) < 4.78 is 48.1. The number of pyridine rings is 9. The van der Waals surface area contributed by atoms with Crippen LogP contribution in [0, 0.1) is 72.2 Å². The maximum Gasteiger partial charge on any atom is 0.276 e. The summed E-state index contributed by atoms with van der Waals surface area (Å²) in [5.74, 6) is -7.35. The molecule has 27 nitrogen and oxygen atoms in total. The number of nitrogens with zero attached hydrogens (tertiary/aromatic N) is 18. The Bertz CT molecular complexity index is 6790. The average molecular weight is 2110 g/mol. The zero-order valence-corrected chi connectivity index (χ0v) is 84.5. The summed E-state index contributed by atoms with van der Waals surface area (Å²) in [4.78, 5) is 119. The molecule has 0 aliphatic carbocycles. The van der Waals surface area contributed by atoms with Gasteiger partial charge in [0.25, 0.3) is 16.7 Å². The molecule has 3 amide bonds. The van der Waals surface area contributed by atoms with Crippen LogP contribution < -0.4 is 31.4 Å². The highest BCUT2D eigenvalue weighted by Gasteiger charge is 2.40. The van der Waals surface area contributed by atoms with Gasteiger partial charge in [0.05, 0.1) is 124 Å². The Morgan fingerprint density at radius 3 is 0.906 bits per heavy atom. The van der Waals surface area contributed by atoms with E-state index in [4.69, 9.17) is 154 Å². The molecule has 0 unspecified atom stereocenters. The number of benzene rings is 3. The van der Waals surface area contributed by atoms with Gasteiger partial charge in [0.2, 0.25) is 17.7 Å². The van der Waals surface area contributed by atoms with Gasteiger partial charge in [-0.3, -0.25) is 57.4 Å². The van der Waals surface area contributed by atoms with E-state index >= 15 is 4.39 Å². The maximum absolute atomic E-state index is 15.0. The van der Waals surface area contributed by atoms with Crippen LogP contribution >= 0.6 is 139 Å². The first kappa shape index (κ1) is 104. The Morgan fingerprint density at radius 2 is 0.659 bits per heavy atom. The molecule has 3 aliphatic heterocycles. The summed E-state index contributed by atoms with van der Waals surface area (Å²) in [6, 6.07) is 15.1. The van der Waals surface area contributed by atoms with Crippen LogP contribution in [-0.2, 0) is 14.4 Å². The lowest BCUT2D eigenvalue weighted by molar-refractivity contribution is -0.129. The number of hydrogen-bond acceptors (Lipinski definition) is 21. The number of hydrogen-bond donors (Lipinski definition) is 3. The summed E-state index contributed by atoms with van der Waals surface area (Å²) in [5, 5.41) is 59.0. The van der Waals surface area contributed by atoms with E-state index in [0.717, 1.165) is 0 Å². The number of anilines is 3. The first-order valence-electron chi connectivity index (χ1n) is 42.4. The van der Waals surface area contributed by atoms with Crippen LogP contribution in [0.4, 0.5) is 30.2 Å². The molecule has 3 fully saturated rings. The molecule has 3 atom stereocenters. The van der Waals surface area contributed by atoms with Crippen molar-refractivity contribution >= 4 is 207 Å². The van der Waals surface area contributed by atoms with Crippen molar-refractivity contribution in [2.75, 3.05) is 73.6 Å². The second kappa shape index (κ2) is 41.4. The number of aryl methyl sites for hydroxylation is 3. The summed E-state index contributed by atoms with van der Waals surface area (Å²) in [5.41, 5.74) is 2.65. The molecule has 0 spiro atoms. The molecule has 0 saturated carbocycles. The van der Waals surface area contributed by atoms with E-state index in [-0.39, 0.29) is 189 Å². The van der Waals surface area contributed by atoms with Crippen LogP contribution in [0.3, 0.4) is 0 Å². The van der Waals surface area contributed by atoms with Crippen molar-refractivity contribution in [3.63, 3.8) is 0 Å². The van der Waals surface area contributed by atoms with Crippen molar-refractivity contribution in [1.29, 1.82) is 15.8 Å². The molecule has 0 radical (unpaired) electrons. The van der Waals surface area contributed by atoms with Crippen molar-refractivity contribution in [1.82, 2.24) is 58.3 Å². The molecule has 42 heteroatoms. The number of carbonyl (C=O) groups excluding carboxylic acids is 3. The van der Waals surface area contributed by atoms with Crippen LogP contribution in [0.5, 0.6) is 17.2 Å². The van der Waals surface area contributed by atoms with Gasteiger partial charge in [0.1, 0.15) is 56.9 Å². The third kappa shape index (κ3) is 18.3. The van der Waals surface area contributed by atoms with E-state index in [0.29, 0.717) is 99.7 Å². The molecule has 0 bridgehead atoms. The highest BCUT2D eigenvalue weighted by atomic mass is 35.5. The standard InChI is InChI=1S/3C32H27Cl4FN6O3/c1-6-20(44)42-10-9-41(13-16(42)5)29-17-11-19(33)27(21-22(34)25(37)24(36)30(45)23(21)35)40-31(17)43(32(46)18(29)12-38)28-15(4)7-8-39-26(28)14(2)3;2*1-6-20(44)42-10-9-41(13-16(42)5)29-17-11-19(33)27(21-22(34)24(36)25(37)30(45)23(21)35)40-31(17)43(32(46)18(29)12-38)28-15(4)7-8-39-26(28)14(2)3/h3*6-8,11,14,16,45H,1,9-10,13H2,2-5H3/t3*16-/m111/s1. The van der Waals surface area contributed by atoms with Gasteiger partial charge in [-0.1, -0.05) is 200 Å². The fraction of sp³-hybridized carbons (Fsp3) is 0.281. The van der Waals surface area contributed by atoms with Crippen LogP contribution in [0.15, 0.2) is 107 Å². The molecule has 3 aliphatic rings. The number of halogens is 15. The molecule has 3 saturated heterocycles. The predicted molar refractivity (Wildman–Crippen MR) is 538 cm³/mol. The van der Waals surface area contributed by atoms with Crippen molar-refractivity contribution in [2.45, 2.75) is 119 Å². The minimum absolute atomic E-state index is 0.0331. The molecule has 3 aromatic carbocycles. The molecular formula is C96H81Cl12F3N18O9. The number of amides is 3. The number of aromatic nitrogens is 9. The number of aromatic hydroxyl groups is 3. The SMILES string of the molecule is C=CC(=O)N1CCN(c2c(C#N)c(=O)n(-c3c(C)ccnc3C(C)C)c3nc(-c4c(Cl)c(O)c(Cl)c(F)c4Cl)c(Cl)cc23)C[C@H]1C.C=CC(=O)N1CCN(c2c(C#N)c(=O)n(-c3c(C)ccnc3C(C)C)c3nc(-c4c(Cl)c(O)c(F)c(Cl)c4Cl)c(Cl)cc23)C[C@H]1C.C=CC(=O)N1CCN(c2c(C#N)c(=O)n(-c3c(C)ccnc3C(C)C)c3nc(-c4c(Cl)c(O)c(F)c(Cl)c4Cl)c(Cl)cc23)C[C@H]1C. The number of piperazine rings is 3. The second-order valence-corrected chi connectivity index (χ2v) is 38.2. The van der Waals surface area contributed by atoms with E-state index in [1.807, 2.05) is 77.0 Å². The number of carbonyl (C=O) groups is 3. The largest absolute Gasteiger partial charge is 0.505 e. The quantitative estimate of drug-likeness (QED) is 0.0487. The Kier molecular flexibility index (Phi) is 31.1. The Balaban J connectivity index is 0.000000175. The van der Waals surface area contributed by atoms with Crippen molar-refractivity contribution < 1.29 is 42.9 Å². The minimum Gasteiger partial charge on any atom is -0.505 e. The van der Waals surface area contributed by atoms with Gasteiger partial charge < -0.3 is 44.7 Å². The van der Waals surface area contributed by atoms with Gasteiger partial charge in [-0.2, -0.15) is 15.8 Å².